The Hall–Kier alpha value is -5.01. The number of pyridine rings is 2. The number of benzene rings is 4. The van der Waals surface area contributed by atoms with Gasteiger partial charge in [-0.2, -0.15) is 5.26 Å². The van der Waals surface area contributed by atoms with Crippen molar-refractivity contribution in [2.75, 3.05) is 0 Å². The smallest absolute Gasteiger partial charge is 0.136 e. The molecule has 0 fully saturated rings. The van der Waals surface area contributed by atoms with Gasteiger partial charge in [-0.1, -0.05) is 60.7 Å². The van der Waals surface area contributed by atoms with E-state index in [0.717, 1.165) is 49.5 Å². The molecule has 0 amide bonds. The van der Waals surface area contributed by atoms with E-state index in [4.69, 9.17) is 4.42 Å². The normalized spacial score (nSPS) is 11.4. The number of hydrogen-bond acceptors (Lipinski definition) is 4. The summed E-state index contributed by atoms with van der Waals surface area (Å²) in [4.78, 5) is 9.04. The van der Waals surface area contributed by atoms with Crippen molar-refractivity contribution in [3.8, 4) is 28.6 Å². The second-order valence-electron chi connectivity index (χ2n) is 8.58. The highest BCUT2D eigenvalue weighted by molar-refractivity contribution is 6.28. The van der Waals surface area contributed by atoms with E-state index in [1.54, 1.807) is 18.3 Å². The summed E-state index contributed by atoms with van der Waals surface area (Å²) < 4.78 is 6.39. The van der Waals surface area contributed by atoms with Gasteiger partial charge in [-0.05, 0) is 57.4 Å². The molecule has 3 aromatic heterocycles. The number of rotatable bonds is 2. The molecule has 4 aromatic carbocycles. The number of fused-ring (bicyclic) bond motifs is 7. The van der Waals surface area contributed by atoms with Gasteiger partial charge in [-0.25, -0.2) is 0 Å². The van der Waals surface area contributed by atoms with E-state index >= 15 is 0 Å². The number of hydrogen-bond donors (Lipinski definition) is 0. The maximum Gasteiger partial charge on any atom is 0.136 e. The van der Waals surface area contributed by atoms with E-state index in [1.165, 1.54) is 10.8 Å². The van der Waals surface area contributed by atoms with Gasteiger partial charge in [0.25, 0.3) is 0 Å². The van der Waals surface area contributed by atoms with Crippen LogP contribution in [0.5, 0.6) is 0 Å². The summed E-state index contributed by atoms with van der Waals surface area (Å²) in [6.45, 7) is 0. The maximum atomic E-state index is 9.19. The average molecular weight is 447 g/mol. The van der Waals surface area contributed by atoms with Crippen molar-refractivity contribution in [2.45, 2.75) is 0 Å². The lowest BCUT2D eigenvalue weighted by molar-refractivity contribution is 0.669. The van der Waals surface area contributed by atoms with Gasteiger partial charge in [0, 0.05) is 28.7 Å². The zero-order valence-corrected chi connectivity index (χ0v) is 18.6. The Bertz CT molecular complexity index is 1960. The van der Waals surface area contributed by atoms with Crippen LogP contribution in [0.3, 0.4) is 0 Å². The molecule has 0 bridgehead atoms. The zero-order chi connectivity index (χ0) is 23.4. The fraction of sp³-hybridized carbons (Fsp3) is 0. The monoisotopic (exact) mass is 447 g/mol. The summed E-state index contributed by atoms with van der Waals surface area (Å²) in [5, 5.41) is 16.2. The molecule has 3 heterocycles. The van der Waals surface area contributed by atoms with E-state index in [2.05, 4.69) is 88.8 Å². The van der Waals surface area contributed by atoms with Crippen molar-refractivity contribution >= 4 is 43.5 Å². The van der Waals surface area contributed by atoms with E-state index in [0.29, 0.717) is 11.3 Å². The van der Waals surface area contributed by atoms with Gasteiger partial charge in [0.1, 0.15) is 11.2 Å². The molecular weight excluding hydrogens is 430 g/mol. The van der Waals surface area contributed by atoms with Crippen molar-refractivity contribution < 1.29 is 4.42 Å². The summed E-state index contributed by atoms with van der Waals surface area (Å²) in [5.41, 5.74) is 5.78. The molecule has 0 aliphatic rings. The summed E-state index contributed by atoms with van der Waals surface area (Å²) in [5.74, 6) is 0. The van der Waals surface area contributed by atoms with Crippen molar-refractivity contribution in [3.05, 3.63) is 109 Å². The minimum Gasteiger partial charge on any atom is -0.456 e. The van der Waals surface area contributed by atoms with Crippen LogP contribution < -0.4 is 0 Å². The predicted molar refractivity (Wildman–Crippen MR) is 140 cm³/mol. The molecule has 35 heavy (non-hydrogen) atoms. The quantitative estimate of drug-likeness (QED) is 0.270. The van der Waals surface area contributed by atoms with Crippen LogP contribution in [-0.2, 0) is 0 Å². The highest BCUT2D eigenvalue weighted by Crippen LogP contribution is 2.42. The van der Waals surface area contributed by atoms with E-state index in [9.17, 15) is 5.26 Å². The third kappa shape index (κ3) is 2.99. The van der Waals surface area contributed by atoms with Gasteiger partial charge in [-0.15, -0.1) is 0 Å². The standard InChI is InChI=1S/C31H17N3O/c32-17-19-13-14-33-27(15-19)26-11-9-21(18-34-26)25-16-29-31(24-8-4-3-7-23(24)25)30-22-6-2-1-5-20(22)10-12-28(30)35-29/h1-16,18H. The van der Waals surface area contributed by atoms with Crippen molar-refractivity contribution in [1.82, 2.24) is 9.97 Å². The Morgan fingerprint density at radius 1 is 0.657 bits per heavy atom. The molecular formula is C31H17N3O. The average Bonchev–Trinajstić information content (AvgIpc) is 3.32. The lowest BCUT2D eigenvalue weighted by Gasteiger charge is -2.09. The molecule has 4 nitrogen and oxygen atoms in total. The molecule has 7 rings (SSSR count). The molecule has 4 heteroatoms. The van der Waals surface area contributed by atoms with Gasteiger partial charge in [-0.3, -0.25) is 9.97 Å². The second-order valence-corrected chi connectivity index (χ2v) is 8.58. The van der Waals surface area contributed by atoms with E-state index < -0.39 is 0 Å². The first kappa shape index (κ1) is 19.5. The molecule has 0 radical (unpaired) electrons. The number of nitrogens with zero attached hydrogens (tertiary/aromatic N) is 3. The fourth-order valence-electron chi connectivity index (χ4n) is 4.98. The lowest BCUT2D eigenvalue weighted by Crippen LogP contribution is -1.90. The molecule has 0 atom stereocenters. The Morgan fingerprint density at radius 3 is 2.29 bits per heavy atom. The van der Waals surface area contributed by atoms with Gasteiger partial charge >= 0.3 is 0 Å². The minimum absolute atomic E-state index is 0.565. The van der Waals surface area contributed by atoms with Crippen molar-refractivity contribution in [1.29, 1.82) is 5.26 Å². The lowest BCUT2D eigenvalue weighted by atomic mass is 9.94. The molecule has 0 saturated carbocycles. The minimum atomic E-state index is 0.565. The van der Waals surface area contributed by atoms with Crippen LogP contribution in [0.2, 0.25) is 0 Å². The Labute approximate surface area is 200 Å². The van der Waals surface area contributed by atoms with Crippen LogP contribution >= 0.6 is 0 Å². The second kappa shape index (κ2) is 7.51. The van der Waals surface area contributed by atoms with Gasteiger partial charge in [0.15, 0.2) is 0 Å². The molecule has 0 spiro atoms. The third-order valence-corrected chi connectivity index (χ3v) is 6.60. The summed E-state index contributed by atoms with van der Waals surface area (Å²) in [7, 11) is 0. The van der Waals surface area contributed by atoms with Crippen molar-refractivity contribution in [3.63, 3.8) is 0 Å². The van der Waals surface area contributed by atoms with Gasteiger partial charge < -0.3 is 4.42 Å². The van der Waals surface area contributed by atoms with Crippen LogP contribution in [0.25, 0.3) is 66.0 Å². The maximum absolute atomic E-state index is 9.19. The first-order chi connectivity index (χ1) is 17.3. The van der Waals surface area contributed by atoms with E-state index in [-0.39, 0.29) is 0 Å². The van der Waals surface area contributed by atoms with E-state index in [1.807, 2.05) is 12.3 Å². The molecule has 0 aliphatic carbocycles. The van der Waals surface area contributed by atoms with Crippen LogP contribution in [0.15, 0.2) is 108 Å². The largest absolute Gasteiger partial charge is 0.456 e. The third-order valence-electron chi connectivity index (χ3n) is 6.60. The van der Waals surface area contributed by atoms with Crippen molar-refractivity contribution in [2.24, 2.45) is 0 Å². The SMILES string of the molecule is N#Cc1ccnc(-c2ccc(-c3cc4oc5ccc6ccccc6c5c4c4ccccc34)cn2)c1. The molecule has 162 valence electrons. The van der Waals surface area contributed by atoms with Crippen LogP contribution in [-0.4, -0.2) is 9.97 Å². The molecule has 0 aliphatic heterocycles. The van der Waals surface area contributed by atoms with Gasteiger partial charge in [0.2, 0.25) is 0 Å². The van der Waals surface area contributed by atoms with Crippen LogP contribution in [0, 0.1) is 11.3 Å². The first-order valence-corrected chi connectivity index (χ1v) is 11.4. The summed E-state index contributed by atoms with van der Waals surface area (Å²) >= 11 is 0. The molecule has 0 saturated heterocycles. The van der Waals surface area contributed by atoms with Crippen LogP contribution in [0.1, 0.15) is 5.56 Å². The topological polar surface area (TPSA) is 62.7 Å². The van der Waals surface area contributed by atoms with Gasteiger partial charge in [0.05, 0.1) is 23.0 Å². The number of aromatic nitrogens is 2. The highest BCUT2D eigenvalue weighted by atomic mass is 16.3. The highest BCUT2D eigenvalue weighted by Gasteiger charge is 2.17. The number of furan rings is 1. The molecule has 7 aromatic rings. The predicted octanol–water partition coefficient (Wildman–Crippen LogP) is 7.89. The Kier molecular flexibility index (Phi) is 4.18. The molecule has 0 unspecified atom stereocenters. The summed E-state index contributed by atoms with van der Waals surface area (Å²) in [6, 6.07) is 32.8. The fourth-order valence-corrected chi connectivity index (χ4v) is 4.98. The Morgan fingerprint density at radius 2 is 1.46 bits per heavy atom. The summed E-state index contributed by atoms with van der Waals surface area (Å²) in [6.07, 6.45) is 3.50. The number of nitriles is 1. The molecule has 0 N–H and O–H groups in total. The zero-order valence-electron chi connectivity index (χ0n) is 18.6. The first-order valence-electron chi connectivity index (χ1n) is 11.4. The Balaban J connectivity index is 1.47. The van der Waals surface area contributed by atoms with Crippen LogP contribution in [0.4, 0.5) is 0 Å².